The number of nitrogens with two attached hydrogens (primary N) is 1. The molecule has 5 amide bonds. The maximum absolute atomic E-state index is 14.3. The predicted molar refractivity (Wildman–Crippen MR) is 208 cm³/mol. The van der Waals surface area contributed by atoms with Crippen molar-refractivity contribution in [1.29, 1.82) is 5.41 Å². The molecule has 0 aromatic heterocycles. The molecule has 5 rings (SSSR count). The molecule has 2 heterocycles. The van der Waals surface area contributed by atoms with Crippen LogP contribution in [0.5, 0.6) is 0 Å². The molecule has 56 heavy (non-hydrogen) atoms. The Morgan fingerprint density at radius 1 is 0.804 bits per heavy atom. The molecular formula is C41H50N8O7. The molecule has 2 aliphatic rings. The van der Waals surface area contributed by atoms with Crippen LogP contribution in [-0.4, -0.2) is 88.2 Å². The monoisotopic (exact) mass is 766 g/mol. The Balaban J connectivity index is 1.33. The number of nitrogens with zero attached hydrogens (tertiary/aromatic N) is 1. The van der Waals surface area contributed by atoms with Gasteiger partial charge in [0.15, 0.2) is 5.96 Å². The van der Waals surface area contributed by atoms with Gasteiger partial charge >= 0.3 is 5.97 Å². The van der Waals surface area contributed by atoms with Crippen molar-refractivity contribution in [3.05, 3.63) is 108 Å². The number of hydrogen-bond donors (Lipinski definition) is 8. The minimum Gasteiger partial charge on any atom is -0.481 e. The molecule has 9 N–H and O–H groups in total. The number of guanidine groups is 1. The fourth-order valence-corrected chi connectivity index (χ4v) is 7.51. The smallest absolute Gasteiger partial charge is 0.305 e. The van der Waals surface area contributed by atoms with Crippen molar-refractivity contribution in [3.63, 3.8) is 0 Å². The van der Waals surface area contributed by atoms with Crippen molar-refractivity contribution >= 4 is 41.5 Å². The summed E-state index contributed by atoms with van der Waals surface area (Å²) >= 11 is 0. The standard InChI is InChI=1S/C41H50N8O7/c42-41(43)44-20-10-17-30(38(54)48-32(24-36(51)52)37(53)45-25-28-15-8-3-9-16-28)47-39(55)34-23-29(21-26-11-4-1-5-12-26)33-19-18-31(40(56)49(33)34)46-35(50)22-27-13-6-2-7-14-27/h1-9,11-16,29-34H,10,17-25H2,(H,45,53)(H,46,50)(H,47,55)(H,48,54)(H,51,52)(H4,42,43,44)/t29-,30-,31?,32-,33+,34-/m0/s1. The lowest BCUT2D eigenvalue weighted by molar-refractivity contribution is -0.147. The largest absolute Gasteiger partial charge is 0.481 e. The van der Waals surface area contributed by atoms with Crippen molar-refractivity contribution in [2.75, 3.05) is 6.54 Å². The number of carbonyl (C=O) groups is 6. The third-order valence-electron chi connectivity index (χ3n) is 10.2. The van der Waals surface area contributed by atoms with Crippen LogP contribution in [0, 0.1) is 11.3 Å². The highest BCUT2D eigenvalue weighted by Crippen LogP contribution is 2.39. The average Bonchev–Trinajstić information content (AvgIpc) is 3.55. The van der Waals surface area contributed by atoms with Crippen molar-refractivity contribution in [1.82, 2.24) is 31.5 Å². The van der Waals surface area contributed by atoms with Gasteiger partial charge in [-0.15, -0.1) is 0 Å². The van der Waals surface area contributed by atoms with E-state index in [1.54, 1.807) is 29.2 Å². The second kappa shape index (κ2) is 19.9. The molecule has 2 aliphatic heterocycles. The first-order valence-electron chi connectivity index (χ1n) is 18.9. The zero-order valence-corrected chi connectivity index (χ0v) is 31.1. The molecular weight excluding hydrogens is 716 g/mol. The van der Waals surface area contributed by atoms with E-state index in [2.05, 4.69) is 26.6 Å². The summed E-state index contributed by atoms with van der Waals surface area (Å²) in [6.07, 6.45) is 1.58. The number of benzene rings is 3. The van der Waals surface area contributed by atoms with Crippen molar-refractivity contribution < 1.29 is 33.9 Å². The quantitative estimate of drug-likeness (QED) is 0.0530. The molecule has 0 bridgehead atoms. The number of piperidine rings is 1. The maximum atomic E-state index is 14.3. The van der Waals surface area contributed by atoms with Crippen LogP contribution in [0.3, 0.4) is 0 Å². The summed E-state index contributed by atoms with van der Waals surface area (Å²) in [4.78, 5) is 81.9. The minimum absolute atomic E-state index is 0.0407. The first kappa shape index (κ1) is 40.9. The molecule has 3 aromatic rings. The average molecular weight is 767 g/mol. The number of carbonyl (C=O) groups excluding carboxylic acids is 5. The van der Waals surface area contributed by atoms with Gasteiger partial charge in [0.25, 0.3) is 0 Å². The first-order valence-corrected chi connectivity index (χ1v) is 18.9. The fraction of sp³-hybridized carbons (Fsp3) is 0.390. The highest BCUT2D eigenvalue weighted by atomic mass is 16.4. The van der Waals surface area contributed by atoms with Gasteiger partial charge in [0, 0.05) is 19.1 Å². The Hall–Kier alpha value is -6.25. The summed E-state index contributed by atoms with van der Waals surface area (Å²) in [6, 6.07) is 23.2. The van der Waals surface area contributed by atoms with E-state index in [-0.39, 0.29) is 62.1 Å². The molecule has 0 spiro atoms. The Morgan fingerprint density at radius 2 is 1.43 bits per heavy atom. The van der Waals surface area contributed by atoms with Crippen molar-refractivity contribution in [3.8, 4) is 0 Å². The summed E-state index contributed by atoms with van der Waals surface area (Å²) in [6.45, 7) is 0.303. The van der Waals surface area contributed by atoms with Gasteiger partial charge in [-0.3, -0.25) is 34.2 Å². The lowest BCUT2D eigenvalue weighted by Gasteiger charge is -2.39. The number of aliphatic carboxylic acids is 1. The van der Waals surface area contributed by atoms with Crippen LogP contribution in [0.4, 0.5) is 0 Å². The normalized spacial score (nSPS) is 19.8. The van der Waals surface area contributed by atoms with E-state index in [0.29, 0.717) is 25.7 Å². The Labute approximate surface area is 325 Å². The lowest BCUT2D eigenvalue weighted by atomic mass is 9.86. The zero-order valence-electron chi connectivity index (χ0n) is 31.1. The summed E-state index contributed by atoms with van der Waals surface area (Å²) in [5.74, 6) is -4.44. The topological polar surface area (TPSA) is 236 Å². The summed E-state index contributed by atoms with van der Waals surface area (Å²) in [7, 11) is 0. The molecule has 0 saturated carbocycles. The van der Waals surface area contributed by atoms with Gasteiger partial charge < -0.3 is 42.3 Å². The number of nitrogens with one attached hydrogen (secondary N) is 6. The first-order chi connectivity index (χ1) is 27.0. The van der Waals surface area contributed by atoms with Gasteiger partial charge in [0.2, 0.25) is 29.5 Å². The lowest BCUT2D eigenvalue weighted by Crippen LogP contribution is -2.61. The van der Waals surface area contributed by atoms with E-state index in [0.717, 1.165) is 16.7 Å². The molecule has 0 aliphatic carbocycles. The van der Waals surface area contributed by atoms with Crippen LogP contribution in [0.25, 0.3) is 0 Å². The molecule has 2 fully saturated rings. The summed E-state index contributed by atoms with van der Waals surface area (Å²) < 4.78 is 0. The number of hydrogen-bond acceptors (Lipinski definition) is 7. The molecule has 3 aromatic carbocycles. The Kier molecular flexibility index (Phi) is 14.5. The molecule has 15 heteroatoms. The molecule has 0 radical (unpaired) electrons. The van der Waals surface area contributed by atoms with E-state index in [9.17, 15) is 33.9 Å². The van der Waals surface area contributed by atoms with Gasteiger partial charge in [-0.25, -0.2) is 0 Å². The van der Waals surface area contributed by atoms with E-state index < -0.39 is 54.3 Å². The number of rotatable bonds is 18. The molecule has 1 unspecified atom stereocenters. The molecule has 15 nitrogen and oxygen atoms in total. The third kappa shape index (κ3) is 11.6. The summed E-state index contributed by atoms with van der Waals surface area (Å²) in [5, 5.41) is 30.6. The van der Waals surface area contributed by atoms with E-state index >= 15 is 0 Å². The predicted octanol–water partition coefficient (Wildman–Crippen LogP) is 1.36. The fourth-order valence-electron chi connectivity index (χ4n) is 7.51. The summed E-state index contributed by atoms with van der Waals surface area (Å²) in [5.41, 5.74) is 8.06. The number of carboxylic acid groups (broad SMARTS) is 1. The van der Waals surface area contributed by atoms with Crippen molar-refractivity contribution in [2.24, 2.45) is 11.7 Å². The molecule has 2 saturated heterocycles. The van der Waals surface area contributed by atoms with Gasteiger partial charge in [-0.05, 0) is 61.1 Å². The number of amides is 5. The minimum atomic E-state index is -1.45. The van der Waals surface area contributed by atoms with E-state index in [4.69, 9.17) is 11.1 Å². The Morgan fingerprint density at radius 3 is 2.05 bits per heavy atom. The third-order valence-corrected chi connectivity index (χ3v) is 10.2. The van der Waals surface area contributed by atoms with Gasteiger partial charge in [-0.1, -0.05) is 91.0 Å². The second-order valence-corrected chi connectivity index (χ2v) is 14.3. The van der Waals surface area contributed by atoms with Gasteiger partial charge in [-0.2, -0.15) is 0 Å². The van der Waals surface area contributed by atoms with Crippen LogP contribution in [0.2, 0.25) is 0 Å². The van der Waals surface area contributed by atoms with Crippen LogP contribution < -0.4 is 32.3 Å². The molecule has 296 valence electrons. The Bertz CT molecular complexity index is 1850. The SMILES string of the molecule is N=C(N)NCCC[C@H](NC(=O)[C@@H]1C[C@H](Cc2ccccc2)[C@H]2CCC(NC(=O)Cc3ccccc3)C(=O)N21)C(=O)N[C@@H](CC(=O)O)C(=O)NCc1ccccc1. The van der Waals surface area contributed by atoms with E-state index in [1.165, 1.54) is 0 Å². The van der Waals surface area contributed by atoms with Gasteiger partial charge in [0.1, 0.15) is 24.2 Å². The number of fused-ring (bicyclic) bond motifs is 1. The van der Waals surface area contributed by atoms with Gasteiger partial charge in [0.05, 0.1) is 12.8 Å². The number of carboxylic acids is 1. The van der Waals surface area contributed by atoms with Crippen LogP contribution >= 0.6 is 0 Å². The van der Waals surface area contributed by atoms with Crippen LogP contribution in [0.15, 0.2) is 91.0 Å². The van der Waals surface area contributed by atoms with E-state index in [1.807, 2.05) is 66.7 Å². The zero-order chi connectivity index (χ0) is 40.0. The highest BCUT2D eigenvalue weighted by molar-refractivity contribution is 5.97. The maximum Gasteiger partial charge on any atom is 0.305 e. The second-order valence-electron chi connectivity index (χ2n) is 14.3. The molecule has 6 atom stereocenters. The van der Waals surface area contributed by atoms with Crippen LogP contribution in [-0.2, 0) is 48.2 Å². The van der Waals surface area contributed by atoms with Crippen molar-refractivity contribution in [2.45, 2.75) is 88.1 Å². The van der Waals surface area contributed by atoms with Crippen LogP contribution in [0.1, 0.15) is 55.2 Å². The highest BCUT2D eigenvalue weighted by Gasteiger charge is 2.51.